The molecule has 1 aliphatic heterocycles. The zero-order chi connectivity index (χ0) is 18.1. The van der Waals surface area contributed by atoms with Crippen molar-refractivity contribution in [3.63, 3.8) is 0 Å². The van der Waals surface area contributed by atoms with Crippen molar-refractivity contribution in [2.24, 2.45) is 0 Å². The number of hydrogen-bond donors (Lipinski definition) is 1. The van der Waals surface area contributed by atoms with E-state index in [0.29, 0.717) is 11.4 Å². The van der Waals surface area contributed by atoms with Gasteiger partial charge in [-0.25, -0.2) is 8.42 Å². The van der Waals surface area contributed by atoms with E-state index in [1.807, 2.05) is 4.90 Å². The van der Waals surface area contributed by atoms with Crippen LogP contribution < -0.4 is 10.2 Å². The van der Waals surface area contributed by atoms with Gasteiger partial charge in [0.15, 0.2) is 0 Å². The third kappa shape index (κ3) is 2.98. The van der Waals surface area contributed by atoms with Gasteiger partial charge >= 0.3 is 0 Å². The van der Waals surface area contributed by atoms with Gasteiger partial charge in [-0.1, -0.05) is 43.5 Å². The van der Waals surface area contributed by atoms with Crippen LogP contribution in [0.15, 0.2) is 58.3 Å². The molecule has 136 valence electrons. The molecule has 1 aliphatic carbocycles. The maximum atomic E-state index is 12.9. The molecule has 4 rings (SSSR count). The van der Waals surface area contributed by atoms with Gasteiger partial charge in [-0.2, -0.15) is 0 Å². The zero-order valence-corrected chi connectivity index (χ0v) is 15.3. The van der Waals surface area contributed by atoms with Gasteiger partial charge < -0.3 is 10.2 Å². The van der Waals surface area contributed by atoms with E-state index in [1.165, 1.54) is 6.42 Å². The molecule has 0 saturated heterocycles. The summed E-state index contributed by atoms with van der Waals surface area (Å²) in [4.78, 5) is 15.0. The Balaban J connectivity index is 1.67. The third-order valence-corrected chi connectivity index (χ3v) is 7.01. The largest absolute Gasteiger partial charge is 0.352 e. The van der Waals surface area contributed by atoms with Gasteiger partial charge in [0.05, 0.1) is 21.2 Å². The van der Waals surface area contributed by atoms with Crippen LogP contribution in [0.1, 0.15) is 32.1 Å². The third-order valence-electron chi connectivity index (χ3n) is 5.16. The van der Waals surface area contributed by atoms with Crippen molar-refractivity contribution in [1.29, 1.82) is 0 Å². The molecule has 0 atom stereocenters. The molecule has 1 fully saturated rings. The number of nitrogens with one attached hydrogen (secondary N) is 1. The fraction of sp³-hybridized carbons (Fsp3) is 0.350. The number of fused-ring (bicyclic) bond motifs is 2. The molecule has 1 saturated carbocycles. The zero-order valence-electron chi connectivity index (χ0n) is 14.5. The van der Waals surface area contributed by atoms with Gasteiger partial charge in [-0.3, -0.25) is 4.79 Å². The summed E-state index contributed by atoms with van der Waals surface area (Å²) >= 11 is 0. The summed E-state index contributed by atoms with van der Waals surface area (Å²) < 4.78 is 25.8. The smallest absolute Gasteiger partial charge is 0.240 e. The van der Waals surface area contributed by atoms with Crippen molar-refractivity contribution in [1.82, 2.24) is 5.32 Å². The Bertz CT molecular complexity index is 880. The van der Waals surface area contributed by atoms with Crippen molar-refractivity contribution in [2.75, 3.05) is 11.4 Å². The summed E-state index contributed by atoms with van der Waals surface area (Å²) in [6.45, 7) is 0.111. The topological polar surface area (TPSA) is 66.5 Å². The highest BCUT2D eigenvalue weighted by molar-refractivity contribution is 7.92. The van der Waals surface area contributed by atoms with Crippen LogP contribution in [0.4, 0.5) is 11.4 Å². The molecule has 1 amide bonds. The van der Waals surface area contributed by atoms with E-state index in [9.17, 15) is 13.2 Å². The summed E-state index contributed by atoms with van der Waals surface area (Å²) in [6.07, 6.45) is 5.58. The van der Waals surface area contributed by atoms with Crippen LogP contribution in [-0.4, -0.2) is 26.9 Å². The van der Waals surface area contributed by atoms with Gasteiger partial charge in [-0.05, 0) is 37.1 Å². The number of amides is 1. The lowest BCUT2D eigenvalue weighted by atomic mass is 9.95. The van der Waals surface area contributed by atoms with E-state index in [2.05, 4.69) is 5.32 Å². The summed E-state index contributed by atoms with van der Waals surface area (Å²) in [5.74, 6) is -0.0687. The average Bonchev–Trinajstić information content (AvgIpc) is 2.66. The quantitative estimate of drug-likeness (QED) is 0.899. The van der Waals surface area contributed by atoms with Crippen LogP contribution in [0.3, 0.4) is 0 Å². The molecule has 2 aromatic carbocycles. The minimum atomic E-state index is -3.57. The summed E-state index contributed by atoms with van der Waals surface area (Å²) in [5.41, 5.74) is 1.12. The highest BCUT2D eigenvalue weighted by Gasteiger charge is 2.34. The molecule has 2 aromatic rings. The van der Waals surface area contributed by atoms with E-state index in [0.717, 1.165) is 25.7 Å². The van der Waals surface area contributed by atoms with Crippen LogP contribution in [0.2, 0.25) is 0 Å². The van der Waals surface area contributed by atoms with Crippen LogP contribution >= 0.6 is 0 Å². The standard InChI is InChI=1S/C20H22N2O3S/c23-20(21-15-8-2-1-3-9-15)14-22-16-10-4-6-12-18(16)26(24,25)19-13-7-5-11-17(19)22/h4-7,10-13,15H,1-3,8-9,14H2,(H,21,23). The number of benzene rings is 2. The molecule has 1 N–H and O–H groups in total. The van der Waals surface area contributed by atoms with E-state index in [4.69, 9.17) is 0 Å². The Morgan fingerprint density at radius 3 is 2.04 bits per heavy atom. The lowest BCUT2D eigenvalue weighted by molar-refractivity contribution is -0.120. The Morgan fingerprint density at radius 1 is 0.923 bits per heavy atom. The molecule has 0 unspecified atom stereocenters. The average molecular weight is 370 g/mol. The lowest BCUT2D eigenvalue weighted by Gasteiger charge is -2.33. The number of hydrogen-bond acceptors (Lipinski definition) is 4. The number of carbonyl (C=O) groups excluding carboxylic acids is 1. The lowest BCUT2D eigenvalue weighted by Crippen LogP contribution is -2.42. The van der Waals surface area contributed by atoms with E-state index in [-0.39, 0.29) is 28.3 Å². The number of rotatable bonds is 3. The monoisotopic (exact) mass is 370 g/mol. The molecule has 2 aliphatic rings. The van der Waals surface area contributed by atoms with Crippen LogP contribution in [0.25, 0.3) is 0 Å². The first-order valence-corrected chi connectivity index (χ1v) is 10.6. The van der Waals surface area contributed by atoms with Gasteiger partial charge in [-0.15, -0.1) is 0 Å². The minimum Gasteiger partial charge on any atom is -0.352 e. The predicted molar refractivity (Wildman–Crippen MR) is 100 cm³/mol. The maximum Gasteiger partial charge on any atom is 0.240 e. The molecule has 0 radical (unpaired) electrons. The fourth-order valence-electron chi connectivity index (χ4n) is 3.90. The highest BCUT2D eigenvalue weighted by atomic mass is 32.2. The second-order valence-electron chi connectivity index (χ2n) is 6.93. The van der Waals surface area contributed by atoms with Crippen LogP contribution in [0.5, 0.6) is 0 Å². The van der Waals surface area contributed by atoms with Gasteiger partial charge in [0, 0.05) is 6.04 Å². The van der Waals surface area contributed by atoms with Gasteiger partial charge in [0.1, 0.15) is 6.54 Å². The molecule has 26 heavy (non-hydrogen) atoms. The number of nitrogens with zero attached hydrogens (tertiary/aromatic N) is 1. The van der Waals surface area contributed by atoms with Gasteiger partial charge in [0.25, 0.3) is 0 Å². The molecular weight excluding hydrogens is 348 g/mol. The second kappa shape index (κ2) is 6.76. The Hall–Kier alpha value is -2.34. The highest BCUT2D eigenvalue weighted by Crippen LogP contribution is 2.43. The first kappa shape index (κ1) is 17.1. The molecular formula is C20H22N2O3S. The number of carbonyl (C=O) groups is 1. The minimum absolute atomic E-state index is 0.0687. The summed E-state index contributed by atoms with van der Waals surface area (Å²) in [5, 5.41) is 3.12. The van der Waals surface area contributed by atoms with Gasteiger partial charge in [0.2, 0.25) is 15.7 Å². The second-order valence-corrected chi connectivity index (χ2v) is 8.81. The van der Waals surface area contributed by atoms with Crippen molar-refractivity contribution in [3.05, 3.63) is 48.5 Å². The molecule has 0 spiro atoms. The number of sulfone groups is 1. The molecule has 0 bridgehead atoms. The molecule has 5 nitrogen and oxygen atoms in total. The molecule has 6 heteroatoms. The van der Waals surface area contributed by atoms with E-state index < -0.39 is 9.84 Å². The molecule has 1 heterocycles. The van der Waals surface area contributed by atoms with Crippen LogP contribution in [-0.2, 0) is 14.6 Å². The van der Waals surface area contributed by atoms with Crippen molar-refractivity contribution in [3.8, 4) is 0 Å². The predicted octanol–water partition coefficient (Wildman–Crippen LogP) is 3.42. The Labute approximate surface area is 153 Å². The first-order chi connectivity index (χ1) is 12.6. The fourth-order valence-corrected chi connectivity index (χ4v) is 5.56. The molecule has 0 aromatic heterocycles. The van der Waals surface area contributed by atoms with Crippen molar-refractivity contribution >= 4 is 27.1 Å². The van der Waals surface area contributed by atoms with E-state index >= 15 is 0 Å². The summed E-state index contributed by atoms with van der Waals surface area (Å²) in [6, 6.07) is 14.0. The van der Waals surface area contributed by atoms with Crippen LogP contribution in [0, 0.1) is 0 Å². The number of anilines is 2. The summed E-state index contributed by atoms with van der Waals surface area (Å²) in [7, 11) is -3.57. The number of para-hydroxylation sites is 2. The maximum absolute atomic E-state index is 12.9. The van der Waals surface area contributed by atoms with Crippen molar-refractivity contribution < 1.29 is 13.2 Å². The normalized spacial score (nSPS) is 18.7. The SMILES string of the molecule is O=C(CN1c2ccccc2S(=O)(=O)c2ccccc21)NC1CCCCC1. The first-order valence-electron chi connectivity index (χ1n) is 9.07. The van der Waals surface area contributed by atoms with E-state index in [1.54, 1.807) is 48.5 Å². The Kier molecular flexibility index (Phi) is 4.44. The Morgan fingerprint density at radius 2 is 1.46 bits per heavy atom. The van der Waals surface area contributed by atoms with Crippen molar-refractivity contribution in [2.45, 2.75) is 47.9 Å².